The van der Waals surface area contributed by atoms with Crippen LogP contribution >= 0.6 is 0 Å². The maximum Gasteiger partial charge on any atom is 0.318 e. The molecule has 2 N–H and O–H groups in total. The standard InChI is InChI=1S/C29H34N8O3/c1-17-23-15-36(11-6-12-37(23)34-25(17)27(38)35(2)3)26-20-16-40-29(13-22(20)32-28(33-26)39-4)10-5-7-18-8-9-21(31)19(14-30)24(18)29/h8-9H,5-7,10-13,15-16,31H2,1-4H3/t29-/m0/s1. The van der Waals surface area contributed by atoms with E-state index >= 15 is 0 Å². The van der Waals surface area contributed by atoms with Gasteiger partial charge in [0.1, 0.15) is 17.5 Å². The molecule has 1 amide bonds. The first kappa shape index (κ1) is 26.1. The van der Waals surface area contributed by atoms with Gasteiger partial charge in [-0.2, -0.15) is 20.3 Å². The van der Waals surface area contributed by atoms with Crippen LogP contribution in [0.1, 0.15) is 69.0 Å². The number of fused-ring (bicyclic) bond motifs is 4. The highest BCUT2D eigenvalue weighted by Gasteiger charge is 2.45. The van der Waals surface area contributed by atoms with E-state index in [9.17, 15) is 10.1 Å². The van der Waals surface area contributed by atoms with Crippen molar-refractivity contribution >= 4 is 17.4 Å². The number of carbonyl (C=O) groups excluding carboxylic acids is 1. The summed E-state index contributed by atoms with van der Waals surface area (Å²) >= 11 is 0. The predicted molar refractivity (Wildman–Crippen MR) is 148 cm³/mol. The van der Waals surface area contributed by atoms with E-state index in [-0.39, 0.29) is 5.91 Å². The highest BCUT2D eigenvalue weighted by atomic mass is 16.5. The lowest BCUT2D eigenvalue weighted by Gasteiger charge is -2.43. The lowest BCUT2D eigenvalue weighted by atomic mass is 9.72. The van der Waals surface area contributed by atoms with Gasteiger partial charge in [0.15, 0.2) is 5.69 Å². The summed E-state index contributed by atoms with van der Waals surface area (Å²) in [6, 6.07) is 6.48. The van der Waals surface area contributed by atoms with E-state index in [1.807, 2.05) is 23.7 Å². The average molecular weight is 543 g/mol. The molecule has 1 spiro atoms. The maximum absolute atomic E-state index is 12.8. The Morgan fingerprint density at radius 1 is 1.25 bits per heavy atom. The van der Waals surface area contributed by atoms with Crippen LogP contribution in [0.4, 0.5) is 11.5 Å². The molecule has 0 saturated heterocycles. The molecular weight excluding hydrogens is 508 g/mol. The normalized spacial score (nSPS) is 19.7. The first-order valence-electron chi connectivity index (χ1n) is 13.7. The van der Waals surface area contributed by atoms with Crippen LogP contribution in [0.2, 0.25) is 0 Å². The minimum atomic E-state index is -0.674. The third-order valence-electron chi connectivity index (χ3n) is 8.46. The molecule has 3 aromatic rings. The number of anilines is 2. The number of nitrogens with two attached hydrogens (primary N) is 1. The van der Waals surface area contributed by atoms with Gasteiger partial charge in [0.05, 0.1) is 37.2 Å². The Labute approximate surface area is 233 Å². The molecule has 1 atom stereocenters. The van der Waals surface area contributed by atoms with Crippen LogP contribution in [0, 0.1) is 18.3 Å². The van der Waals surface area contributed by atoms with E-state index in [0.29, 0.717) is 49.1 Å². The van der Waals surface area contributed by atoms with Crippen molar-refractivity contribution in [2.75, 3.05) is 38.4 Å². The fourth-order valence-electron chi connectivity index (χ4n) is 6.43. The lowest BCUT2D eigenvalue weighted by Crippen LogP contribution is -2.41. The first-order chi connectivity index (χ1) is 19.3. The van der Waals surface area contributed by atoms with Gasteiger partial charge in [-0.15, -0.1) is 0 Å². The van der Waals surface area contributed by atoms with Crippen LogP contribution in [0.15, 0.2) is 12.1 Å². The molecule has 208 valence electrons. The average Bonchev–Trinajstić information content (AvgIpc) is 3.11. The molecule has 11 nitrogen and oxygen atoms in total. The summed E-state index contributed by atoms with van der Waals surface area (Å²) in [5.74, 6) is 0.671. The molecule has 2 aliphatic heterocycles. The van der Waals surface area contributed by atoms with E-state index in [0.717, 1.165) is 71.7 Å². The van der Waals surface area contributed by atoms with Gasteiger partial charge in [-0.1, -0.05) is 6.07 Å². The lowest BCUT2D eigenvalue weighted by molar-refractivity contribution is -0.0856. The van der Waals surface area contributed by atoms with E-state index in [4.69, 9.17) is 25.2 Å². The minimum absolute atomic E-state index is 0.102. The van der Waals surface area contributed by atoms with Crippen LogP contribution < -0.4 is 15.4 Å². The second kappa shape index (κ2) is 9.78. The summed E-state index contributed by atoms with van der Waals surface area (Å²) in [4.78, 5) is 26.1. The van der Waals surface area contributed by atoms with Crippen LogP contribution in [0.3, 0.4) is 0 Å². The van der Waals surface area contributed by atoms with Crippen molar-refractivity contribution in [2.24, 2.45) is 0 Å². The molecule has 3 aliphatic rings. The van der Waals surface area contributed by atoms with Crippen LogP contribution in [0.5, 0.6) is 6.01 Å². The van der Waals surface area contributed by atoms with Crippen molar-refractivity contribution < 1.29 is 14.3 Å². The fourth-order valence-corrected chi connectivity index (χ4v) is 6.43. The van der Waals surface area contributed by atoms with Gasteiger partial charge in [0, 0.05) is 56.0 Å². The first-order valence-corrected chi connectivity index (χ1v) is 13.7. The number of nitrogen functional groups attached to an aromatic ring is 1. The molecule has 0 bridgehead atoms. The molecule has 0 fully saturated rings. The van der Waals surface area contributed by atoms with Gasteiger partial charge in [0.25, 0.3) is 5.91 Å². The highest BCUT2D eigenvalue weighted by molar-refractivity contribution is 5.93. The smallest absolute Gasteiger partial charge is 0.318 e. The Balaban J connectivity index is 1.41. The van der Waals surface area contributed by atoms with Crippen molar-refractivity contribution in [1.29, 1.82) is 5.26 Å². The molecule has 1 aliphatic carbocycles. The molecule has 0 unspecified atom stereocenters. The molecule has 6 rings (SSSR count). The Hall–Kier alpha value is -4.17. The topological polar surface area (TPSA) is 135 Å². The molecule has 4 heterocycles. The van der Waals surface area contributed by atoms with Gasteiger partial charge in [-0.05, 0) is 44.2 Å². The number of aryl methyl sites for hydroxylation is 2. The largest absolute Gasteiger partial charge is 0.467 e. The highest BCUT2D eigenvalue weighted by Crippen LogP contribution is 2.48. The summed E-state index contributed by atoms with van der Waals surface area (Å²) in [5, 5.41) is 14.7. The van der Waals surface area contributed by atoms with Crippen molar-refractivity contribution in [3.8, 4) is 12.1 Å². The number of carbonyl (C=O) groups is 1. The third-order valence-corrected chi connectivity index (χ3v) is 8.46. The van der Waals surface area contributed by atoms with Gasteiger partial charge in [0.2, 0.25) is 0 Å². The van der Waals surface area contributed by atoms with Gasteiger partial charge in [-0.3, -0.25) is 9.48 Å². The van der Waals surface area contributed by atoms with Crippen molar-refractivity contribution in [1.82, 2.24) is 24.6 Å². The Kier molecular flexibility index (Phi) is 6.38. The summed E-state index contributed by atoms with van der Waals surface area (Å²) in [5.41, 5.74) is 12.7. The number of hydrogen-bond acceptors (Lipinski definition) is 9. The summed E-state index contributed by atoms with van der Waals surface area (Å²) in [6.45, 7) is 4.30. The van der Waals surface area contributed by atoms with Crippen molar-refractivity contribution in [2.45, 2.75) is 64.3 Å². The zero-order valence-corrected chi connectivity index (χ0v) is 23.5. The number of nitriles is 1. The number of methoxy groups -OCH3 is 1. The van der Waals surface area contributed by atoms with E-state index < -0.39 is 5.60 Å². The number of hydrogen-bond donors (Lipinski definition) is 1. The van der Waals surface area contributed by atoms with E-state index in [2.05, 4.69) is 16.1 Å². The molecule has 0 saturated carbocycles. The third kappa shape index (κ3) is 4.05. The molecule has 1 aromatic carbocycles. The summed E-state index contributed by atoms with van der Waals surface area (Å²) in [7, 11) is 5.05. The number of ether oxygens (including phenoxy) is 2. The SMILES string of the molecule is COc1nc2c(c(N3CCCn4nc(C(=O)N(C)C)c(C)c4C3)n1)CO[C@@]1(CCCc3ccc(N)c(C#N)c31)C2. The van der Waals surface area contributed by atoms with Crippen molar-refractivity contribution in [3.63, 3.8) is 0 Å². The monoisotopic (exact) mass is 542 g/mol. The Bertz CT molecular complexity index is 1560. The van der Waals surface area contributed by atoms with Crippen molar-refractivity contribution in [3.05, 3.63) is 57.0 Å². The zero-order valence-electron chi connectivity index (χ0n) is 23.5. The fraction of sp³-hybridized carbons (Fsp3) is 0.483. The quantitative estimate of drug-likeness (QED) is 0.496. The number of benzene rings is 1. The van der Waals surface area contributed by atoms with Crippen LogP contribution in [-0.4, -0.2) is 58.3 Å². The van der Waals surface area contributed by atoms with Gasteiger partial charge < -0.3 is 25.0 Å². The minimum Gasteiger partial charge on any atom is -0.467 e. The van der Waals surface area contributed by atoms with Gasteiger partial charge in [-0.25, -0.2) is 0 Å². The number of aromatic nitrogens is 4. The second-order valence-corrected chi connectivity index (χ2v) is 11.1. The summed E-state index contributed by atoms with van der Waals surface area (Å²) in [6.07, 6.45) is 3.97. The number of amides is 1. The van der Waals surface area contributed by atoms with Gasteiger partial charge >= 0.3 is 6.01 Å². The van der Waals surface area contributed by atoms with E-state index in [1.165, 1.54) is 0 Å². The second-order valence-electron chi connectivity index (χ2n) is 11.1. The number of nitrogens with zero attached hydrogens (tertiary/aromatic N) is 7. The Morgan fingerprint density at radius 2 is 2.08 bits per heavy atom. The molecule has 40 heavy (non-hydrogen) atoms. The summed E-state index contributed by atoms with van der Waals surface area (Å²) < 4.78 is 14.3. The molecule has 0 radical (unpaired) electrons. The Morgan fingerprint density at radius 3 is 2.83 bits per heavy atom. The van der Waals surface area contributed by atoms with Crippen LogP contribution in [-0.2, 0) is 42.9 Å². The molecule has 2 aromatic heterocycles. The zero-order chi connectivity index (χ0) is 28.2. The molecular formula is C29H34N8O3. The number of rotatable bonds is 3. The van der Waals surface area contributed by atoms with E-state index in [1.54, 1.807) is 26.1 Å². The van der Waals surface area contributed by atoms with Crippen LogP contribution in [0.25, 0.3) is 0 Å². The predicted octanol–water partition coefficient (Wildman–Crippen LogP) is 2.86. The molecule has 11 heteroatoms. The maximum atomic E-state index is 12.8.